The first-order valence-electron chi connectivity index (χ1n) is 6.46. The van der Waals surface area contributed by atoms with Gasteiger partial charge in [-0.05, 0) is 25.1 Å². The van der Waals surface area contributed by atoms with Crippen LogP contribution in [0.1, 0.15) is 25.8 Å². The minimum absolute atomic E-state index is 0.185. The van der Waals surface area contributed by atoms with Gasteiger partial charge in [0.15, 0.2) is 0 Å². The lowest BCUT2D eigenvalue weighted by Gasteiger charge is -2.20. The molecule has 2 rings (SSSR count). The van der Waals surface area contributed by atoms with E-state index in [0.29, 0.717) is 24.7 Å². The Morgan fingerprint density at radius 3 is 2.90 bits per heavy atom. The second-order valence-electron chi connectivity index (χ2n) is 5.07. The van der Waals surface area contributed by atoms with Gasteiger partial charge in [-0.3, -0.25) is 4.79 Å². The summed E-state index contributed by atoms with van der Waals surface area (Å²) in [7, 11) is 0. The zero-order chi connectivity index (χ0) is 14.8. The van der Waals surface area contributed by atoms with E-state index < -0.39 is 11.5 Å². The van der Waals surface area contributed by atoms with E-state index in [1.807, 2.05) is 13.8 Å². The number of hydrogen-bond acceptors (Lipinski definition) is 4. The Morgan fingerprint density at radius 2 is 2.25 bits per heavy atom. The van der Waals surface area contributed by atoms with Crippen LogP contribution < -0.4 is 20.5 Å². The first kappa shape index (κ1) is 14.2. The molecule has 108 valence electrons. The molecule has 1 aromatic rings. The fourth-order valence-corrected chi connectivity index (χ4v) is 2.30. The summed E-state index contributed by atoms with van der Waals surface area (Å²) in [6.07, 6.45) is -0.326. The fourth-order valence-electron chi connectivity index (χ4n) is 2.30. The van der Waals surface area contributed by atoms with Gasteiger partial charge in [0.1, 0.15) is 11.5 Å². The van der Waals surface area contributed by atoms with Gasteiger partial charge in [-0.2, -0.15) is 0 Å². The Morgan fingerprint density at radius 1 is 1.50 bits per heavy atom. The van der Waals surface area contributed by atoms with E-state index >= 15 is 0 Å². The number of carbonyl (C=O) groups excluding carboxylic acids is 2. The molecule has 1 unspecified atom stereocenters. The maximum absolute atomic E-state index is 11.4. The van der Waals surface area contributed by atoms with Gasteiger partial charge in [-0.15, -0.1) is 0 Å². The molecule has 0 bridgehead atoms. The summed E-state index contributed by atoms with van der Waals surface area (Å²) in [5.41, 5.74) is 5.63. The molecular formula is C14H18N2O4. The molecule has 0 saturated carbocycles. The summed E-state index contributed by atoms with van der Waals surface area (Å²) < 4.78 is 10.7. The Kier molecular flexibility index (Phi) is 3.83. The molecule has 0 aliphatic carbocycles. The zero-order valence-electron chi connectivity index (χ0n) is 11.6. The Hall–Kier alpha value is -2.24. The summed E-state index contributed by atoms with van der Waals surface area (Å²) in [5.74, 6) is 0.715. The number of fused-ring (bicyclic) bond motifs is 1. The van der Waals surface area contributed by atoms with Crippen LogP contribution in [0.4, 0.5) is 4.79 Å². The molecule has 6 nitrogen and oxygen atoms in total. The van der Waals surface area contributed by atoms with Crippen molar-refractivity contribution in [3.8, 4) is 11.5 Å². The fraction of sp³-hybridized carbons (Fsp3) is 0.429. The van der Waals surface area contributed by atoms with Crippen LogP contribution >= 0.6 is 0 Å². The number of carbonyl (C=O) groups is 2. The monoisotopic (exact) mass is 278 g/mol. The van der Waals surface area contributed by atoms with E-state index in [0.717, 1.165) is 5.56 Å². The molecule has 6 heteroatoms. The molecule has 0 spiro atoms. The molecule has 1 aliphatic rings. The van der Waals surface area contributed by atoms with Gasteiger partial charge < -0.3 is 20.5 Å². The minimum atomic E-state index is -0.511. The third-order valence-corrected chi connectivity index (χ3v) is 3.24. The first-order valence-corrected chi connectivity index (χ1v) is 6.46. The van der Waals surface area contributed by atoms with Crippen LogP contribution in [0, 0.1) is 0 Å². The topological polar surface area (TPSA) is 90.6 Å². The highest BCUT2D eigenvalue weighted by Gasteiger charge is 2.38. The van der Waals surface area contributed by atoms with E-state index in [1.165, 1.54) is 0 Å². The largest absolute Gasteiger partial charge is 0.492 e. The van der Waals surface area contributed by atoms with Crippen molar-refractivity contribution in [1.82, 2.24) is 5.32 Å². The van der Waals surface area contributed by atoms with E-state index in [-0.39, 0.29) is 12.3 Å². The van der Waals surface area contributed by atoms with E-state index in [2.05, 4.69) is 5.32 Å². The van der Waals surface area contributed by atoms with Crippen LogP contribution in [0.25, 0.3) is 0 Å². The number of nitrogens with two attached hydrogens (primary N) is 1. The molecule has 2 amide bonds. The van der Waals surface area contributed by atoms with Crippen molar-refractivity contribution in [3.63, 3.8) is 0 Å². The minimum Gasteiger partial charge on any atom is -0.492 e. The van der Waals surface area contributed by atoms with Crippen molar-refractivity contribution in [3.05, 3.63) is 23.8 Å². The highest BCUT2D eigenvalue weighted by atomic mass is 16.6. The average Bonchev–Trinajstić information content (AvgIpc) is 2.66. The summed E-state index contributed by atoms with van der Waals surface area (Å²) >= 11 is 0. The normalized spacial score (nSPS) is 19.9. The SMILES string of the molecule is CCNC(=O)Oc1ccc2c(c1)C(C)(CC(N)=O)CO2. The lowest BCUT2D eigenvalue weighted by atomic mass is 9.81. The van der Waals surface area contributed by atoms with Crippen LogP contribution in [0.15, 0.2) is 18.2 Å². The first-order chi connectivity index (χ1) is 9.44. The summed E-state index contributed by atoms with van der Waals surface area (Å²) in [5, 5.41) is 2.55. The standard InChI is InChI=1S/C14H18N2O4/c1-3-16-13(18)20-9-4-5-11-10(6-9)14(2,8-19-11)7-12(15)17/h4-6H,3,7-8H2,1-2H3,(H2,15,17)(H,16,18). The predicted octanol–water partition coefficient (Wildman–Crippen LogP) is 1.32. The second-order valence-corrected chi connectivity index (χ2v) is 5.07. The quantitative estimate of drug-likeness (QED) is 0.869. The smallest absolute Gasteiger partial charge is 0.412 e. The lowest BCUT2D eigenvalue weighted by Crippen LogP contribution is -2.30. The zero-order valence-corrected chi connectivity index (χ0v) is 11.6. The number of benzene rings is 1. The van der Waals surface area contributed by atoms with Crippen LogP contribution in [-0.4, -0.2) is 25.2 Å². The van der Waals surface area contributed by atoms with Crippen molar-refractivity contribution in [2.45, 2.75) is 25.7 Å². The highest BCUT2D eigenvalue weighted by Crippen LogP contribution is 2.42. The van der Waals surface area contributed by atoms with Crippen molar-refractivity contribution in [2.24, 2.45) is 5.73 Å². The molecule has 0 aromatic heterocycles. The number of amides is 2. The van der Waals surface area contributed by atoms with Crippen molar-refractivity contribution in [1.29, 1.82) is 0 Å². The van der Waals surface area contributed by atoms with Gasteiger partial charge in [0.05, 0.1) is 6.61 Å². The molecule has 3 N–H and O–H groups in total. The van der Waals surface area contributed by atoms with Gasteiger partial charge in [-0.1, -0.05) is 6.92 Å². The van der Waals surface area contributed by atoms with Crippen molar-refractivity contribution >= 4 is 12.0 Å². The van der Waals surface area contributed by atoms with E-state index in [4.69, 9.17) is 15.2 Å². The Labute approximate surface area is 117 Å². The highest BCUT2D eigenvalue weighted by molar-refractivity contribution is 5.76. The Balaban J connectivity index is 2.23. The number of hydrogen-bond donors (Lipinski definition) is 2. The number of nitrogens with one attached hydrogen (secondary N) is 1. The molecule has 0 fully saturated rings. The average molecular weight is 278 g/mol. The second kappa shape index (κ2) is 5.40. The summed E-state index contributed by atoms with van der Waals surface area (Å²) in [6, 6.07) is 5.11. The van der Waals surface area contributed by atoms with Crippen LogP contribution in [0.2, 0.25) is 0 Å². The van der Waals surface area contributed by atoms with E-state index in [9.17, 15) is 9.59 Å². The van der Waals surface area contributed by atoms with Crippen molar-refractivity contribution < 1.29 is 19.1 Å². The van der Waals surface area contributed by atoms with Gasteiger partial charge in [0, 0.05) is 23.9 Å². The molecular weight excluding hydrogens is 260 g/mol. The third kappa shape index (κ3) is 2.84. The molecule has 20 heavy (non-hydrogen) atoms. The van der Waals surface area contributed by atoms with Crippen LogP contribution in [0.3, 0.4) is 0 Å². The molecule has 1 heterocycles. The van der Waals surface area contributed by atoms with E-state index in [1.54, 1.807) is 18.2 Å². The number of primary amides is 1. The van der Waals surface area contributed by atoms with Gasteiger partial charge in [-0.25, -0.2) is 4.79 Å². The van der Waals surface area contributed by atoms with Crippen LogP contribution in [-0.2, 0) is 10.2 Å². The molecule has 0 radical (unpaired) electrons. The number of ether oxygens (including phenoxy) is 2. The van der Waals surface area contributed by atoms with Crippen LogP contribution in [0.5, 0.6) is 11.5 Å². The maximum atomic E-state index is 11.4. The summed E-state index contributed by atoms with van der Waals surface area (Å²) in [4.78, 5) is 22.6. The summed E-state index contributed by atoms with van der Waals surface area (Å²) in [6.45, 7) is 4.59. The van der Waals surface area contributed by atoms with Gasteiger partial charge >= 0.3 is 6.09 Å². The maximum Gasteiger partial charge on any atom is 0.412 e. The molecule has 0 saturated heterocycles. The molecule has 1 atom stereocenters. The molecule has 1 aliphatic heterocycles. The predicted molar refractivity (Wildman–Crippen MR) is 72.8 cm³/mol. The number of rotatable bonds is 4. The Bertz CT molecular complexity index is 544. The molecule has 1 aromatic carbocycles. The van der Waals surface area contributed by atoms with Gasteiger partial charge in [0.2, 0.25) is 5.91 Å². The lowest BCUT2D eigenvalue weighted by molar-refractivity contribution is -0.119. The third-order valence-electron chi connectivity index (χ3n) is 3.24. The van der Waals surface area contributed by atoms with Crippen molar-refractivity contribution in [2.75, 3.05) is 13.2 Å². The van der Waals surface area contributed by atoms with Gasteiger partial charge in [0.25, 0.3) is 0 Å².